The Labute approximate surface area is 185 Å². The van der Waals surface area contributed by atoms with E-state index in [1.165, 1.54) is 11.3 Å². The molecule has 9 heteroatoms. The van der Waals surface area contributed by atoms with Gasteiger partial charge in [-0.3, -0.25) is 9.59 Å². The van der Waals surface area contributed by atoms with Crippen molar-refractivity contribution < 1.29 is 14.0 Å². The zero-order valence-electron chi connectivity index (χ0n) is 15.7. The van der Waals surface area contributed by atoms with E-state index in [0.717, 1.165) is 10.2 Å². The molecule has 4 rings (SSSR count). The van der Waals surface area contributed by atoms with Crippen LogP contribution in [0, 0.1) is 0 Å². The fourth-order valence-corrected chi connectivity index (χ4v) is 4.05. The summed E-state index contributed by atoms with van der Waals surface area (Å²) in [6, 6.07) is 13.6. The Morgan fingerprint density at radius 3 is 2.70 bits per heavy atom. The quantitative estimate of drug-likeness (QED) is 0.358. The second kappa shape index (κ2) is 8.47. The molecule has 2 heterocycles. The van der Waals surface area contributed by atoms with Crippen LogP contribution in [0.5, 0.6) is 0 Å². The van der Waals surface area contributed by atoms with Crippen LogP contribution in [0.15, 0.2) is 52.9 Å². The summed E-state index contributed by atoms with van der Waals surface area (Å²) in [6.07, 6.45) is 0.378. The number of amides is 2. The smallest absolute Gasteiger partial charge is 0.291 e. The summed E-state index contributed by atoms with van der Waals surface area (Å²) in [5.41, 5.74) is 1.93. The third-order valence-corrected chi connectivity index (χ3v) is 5.74. The number of hydrogen-bond donors (Lipinski definition) is 2. The van der Waals surface area contributed by atoms with Gasteiger partial charge in [0.15, 0.2) is 10.9 Å². The minimum Gasteiger partial charge on any atom is -0.451 e. The molecule has 4 aromatic rings. The summed E-state index contributed by atoms with van der Waals surface area (Å²) in [5.74, 6) is 0.0852. The van der Waals surface area contributed by atoms with Gasteiger partial charge in [-0.1, -0.05) is 41.5 Å². The van der Waals surface area contributed by atoms with Gasteiger partial charge >= 0.3 is 0 Å². The van der Waals surface area contributed by atoms with Crippen LogP contribution in [-0.2, 0) is 4.79 Å². The molecule has 0 atom stereocenters. The maximum atomic E-state index is 12.6. The van der Waals surface area contributed by atoms with Gasteiger partial charge < -0.3 is 15.1 Å². The highest BCUT2D eigenvalue weighted by atomic mass is 35.5. The maximum absolute atomic E-state index is 12.6. The molecule has 6 nitrogen and oxygen atoms in total. The van der Waals surface area contributed by atoms with Crippen LogP contribution >= 0.6 is 34.5 Å². The molecule has 0 fully saturated rings. The molecule has 152 valence electrons. The zero-order valence-corrected chi connectivity index (χ0v) is 18.0. The molecule has 0 saturated heterocycles. The van der Waals surface area contributed by atoms with Crippen molar-refractivity contribution in [1.82, 2.24) is 4.98 Å². The van der Waals surface area contributed by atoms with E-state index in [4.69, 9.17) is 27.6 Å². The first kappa shape index (κ1) is 20.4. The van der Waals surface area contributed by atoms with Crippen LogP contribution in [0.1, 0.15) is 23.9 Å². The number of nitrogens with one attached hydrogen (secondary N) is 2. The van der Waals surface area contributed by atoms with Crippen molar-refractivity contribution in [1.29, 1.82) is 0 Å². The molecule has 30 heavy (non-hydrogen) atoms. The number of aromatic nitrogens is 1. The van der Waals surface area contributed by atoms with Gasteiger partial charge in [-0.2, -0.15) is 0 Å². The van der Waals surface area contributed by atoms with Gasteiger partial charge in [0.25, 0.3) is 5.91 Å². The van der Waals surface area contributed by atoms with Crippen molar-refractivity contribution in [2.75, 3.05) is 10.6 Å². The van der Waals surface area contributed by atoms with Gasteiger partial charge in [-0.05, 0) is 48.5 Å². The summed E-state index contributed by atoms with van der Waals surface area (Å²) in [4.78, 5) is 28.5. The number of hydrogen-bond acceptors (Lipinski definition) is 5. The first-order valence-corrected chi connectivity index (χ1v) is 10.6. The highest BCUT2D eigenvalue weighted by molar-refractivity contribution is 7.22. The van der Waals surface area contributed by atoms with Gasteiger partial charge in [0.1, 0.15) is 5.76 Å². The lowest BCUT2D eigenvalue weighted by Crippen LogP contribution is -2.10. The summed E-state index contributed by atoms with van der Waals surface area (Å²) < 4.78 is 6.51. The lowest BCUT2D eigenvalue weighted by molar-refractivity contribution is -0.115. The van der Waals surface area contributed by atoms with Gasteiger partial charge in [0.2, 0.25) is 5.91 Å². The molecule has 0 radical (unpaired) electrons. The second-order valence-corrected chi connectivity index (χ2v) is 8.22. The highest BCUT2D eigenvalue weighted by Crippen LogP contribution is 2.32. The third-order valence-electron chi connectivity index (χ3n) is 4.24. The number of benzene rings is 2. The van der Waals surface area contributed by atoms with Crippen molar-refractivity contribution >= 4 is 67.4 Å². The predicted molar refractivity (Wildman–Crippen MR) is 121 cm³/mol. The normalized spacial score (nSPS) is 10.9. The Bertz CT molecular complexity index is 1270. The largest absolute Gasteiger partial charge is 0.451 e. The van der Waals surface area contributed by atoms with Crippen molar-refractivity contribution in [2.45, 2.75) is 13.3 Å². The van der Waals surface area contributed by atoms with Crippen LogP contribution in [-0.4, -0.2) is 16.8 Å². The molecule has 0 unspecified atom stereocenters. The third kappa shape index (κ3) is 4.33. The number of carbonyl (C=O) groups is 2. The summed E-state index contributed by atoms with van der Waals surface area (Å²) in [6.45, 7) is 1.77. The summed E-state index contributed by atoms with van der Waals surface area (Å²) >= 11 is 13.6. The van der Waals surface area contributed by atoms with E-state index < -0.39 is 5.91 Å². The SMILES string of the molecule is CCC(=O)Nc1nc2ccc(NC(=O)c3ccc(-c4cc(Cl)ccc4Cl)o3)cc2s1. The molecule has 2 aromatic heterocycles. The minimum atomic E-state index is -0.400. The Morgan fingerprint density at radius 2 is 1.90 bits per heavy atom. The van der Waals surface area contributed by atoms with E-state index in [2.05, 4.69) is 15.6 Å². The molecular weight excluding hydrogens is 445 g/mol. The van der Waals surface area contributed by atoms with Gasteiger partial charge in [-0.25, -0.2) is 4.98 Å². The summed E-state index contributed by atoms with van der Waals surface area (Å²) in [7, 11) is 0. The minimum absolute atomic E-state index is 0.101. The molecule has 0 aliphatic carbocycles. The Morgan fingerprint density at radius 1 is 1.07 bits per heavy atom. The molecule has 2 amide bonds. The van der Waals surface area contributed by atoms with E-state index in [1.54, 1.807) is 55.5 Å². The van der Waals surface area contributed by atoms with E-state index in [9.17, 15) is 9.59 Å². The Hall–Kier alpha value is -2.87. The molecule has 0 spiro atoms. The number of anilines is 2. The van der Waals surface area contributed by atoms with E-state index in [1.807, 2.05) is 0 Å². The molecule has 0 bridgehead atoms. The fraction of sp³-hybridized carbons (Fsp3) is 0.0952. The van der Waals surface area contributed by atoms with Crippen LogP contribution < -0.4 is 10.6 Å². The second-order valence-electron chi connectivity index (χ2n) is 6.35. The van der Waals surface area contributed by atoms with Crippen molar-refractivity contribution in [3.63, 3.8) is 0 Å². The fourth-order valence-electron chi connectivity index (χ4n) is 2.75. The lowest BCUT2D eigenvalue weighted by Gasteiger charge is -2.04. The number of nitrogens with zero attached hydrogens (tertiary/aromatic N) is 1. The standard InChI is InChI=1S/C21H15Cl2N3O3S/c1-2-19(27)26-21-25-15-6-4-12(10-18(15)30-21)24-20(28)17-8-7-16(29-17)13-9-11(22)3-5-14(13)23/h3-10H,2H2,1H3,(H,24,28)(H,25,26,27). The van der Waals surface area contributed by atoms with E-state index >= 15 is 0 Å². The van der Waals surface area contributed by atoms with Crippen molar-refractivity contribution in [3.05, 3.63) is 64.3 Å². The summed E-state index contributed by atoms with van der Waals surface area (Å²) in [5, 5.41) is 7.06. The molecule has 0 aliphatic rings. The number of furan rings is 1. The van der Waals surface area contributed by atoms with Crippen LogP contribution in [0.4, 0.5) is 10.8 Å². The van der Waals surface area contributed by atoms with Crippen LogP contribution in [0.3, 0.4) is 0 Å². The lowest BCUT2D eigenvalue weighted by atomic mass is 10.2. The first-order chi connectivity index (χ1) is 14.4. The molecule has 0 aliphatic heterocycles. The van der Waals surface area contributed by atoms with Gasteiger partial charge in [0.05, 0.1) is 15.2 Å². The molecule has 2 N–H and O–H groups in total. The number of fused-ring (bicyclic) bond motifs is 1. The van der Waals surface area contributed by atoms with Crippen LogP contribution in [0.2, 0.25) is 10.0 Å². The average Bonchev–Trinajstić information content (AvgIpc) is 3.36. The maximum Gasteiger partial charge on any atom is 0.291 e. The topological polar surface area (TPSA) is 84.2 Å². The number of halogens is 2. The number of thiazole rings is 1. The Balaban J connectivity index is 1.52. The number of rotatable bonds is 5. The number of carbonyl (C=O) groups excluding carboxylic acids is 2. The molecule has 0 saturated carbocycles. The first-order valence-electron chi connectivity index (χ1n) is 9.00. The molecular formula is C21H15Cl2N3O3S. The predicted octanol–water partition coefficient (Wildman–Crippen LogP) is 6.46. The van der Waals surface area contributed by atoms with Gasteiger partial charge in [0, 0.05) is 22.7 Å². The van der Waals surface area contributed by atoms with Gasteiger partial charge in [-0.15, -0.1) is 0 Å². The monoisotopic (exact) mass is 459 g/mol. The van der Waals surface area contributed by atoms with Crippen molar-refractivity contribution in [2.24, 2.45) is 0 Å². The van der Waals surface area contributed by atoms with Crippen LogP contribution in [0.25, 0.3) is 21.5 Å². The van der Waals surface area contributed by atoms with Crippen molar-refractivity contribution in [3.8, 4) is 11.3 Å². The highest BCUT2D eigenvalue weighted by Gasteiger charge is 2.15. The van der Waals surface area contributed by atoms with E-state index in [-0.39, 0.29) is 11.7 Å². The zero-order chi connectivity index (χ0) is 21.3. The Kier molecular flexibility index (Phi) is 5.76. The average molecular weight is 460 g/mol. The van der Waals surface area contributed by atoms with E-state index in [0.29, 0.717) is 38.6 Å². The molecule has 2 aromatic carbocycles.